The minimum absolute atomic E-state index is 0.0211. The highest BCUT2D eigenvalue weighted by molar-refractivity contribution is 5.91. The number of carbonyl (C=O) groups excluding carboxylic acids is 1. The molecule has 0 saturated carbocycles. The first-order chi connectivity index (χ1) is 10.1. The van der Waals surface area contributed by atoms with E-state index in [1.54, 1.807) is 0 Å². The smallest absolute Gasteiger partial charge is 0.224 e. The molecule has 3 N–H and O–H groups in total. The Labute approximate surface area is 126 Å². The van der Waals surface area contributed by atoms with Crippen LogP contribution in [-0.2, 0) is 11.2 Å². The summed E-state index contributed by atoms with van der Waals surface area (Å²) in [6.45, 7) is 1.91. The Morgan fingerprint density at radius 1 is 1.10 bits per heavy atom. The summed E-state index contributed by atoms with van der Waals surface area (Å²) in [5, 5.41) is 2.99. The topological polar surface area (TPSA) is 55.1 Å². The zero-order valence-corrected chi connectivity index (χ0v) is 12.4. The third-order valence-corrected chi connectivity index (χ3v) is 3.36. The molecule has 0 aliphatic carbocycles. The van der Waals surface area contributed by atoms with Crippen molar-refractivity contribution in [3.8, 4) is 0 Å². The summed E-state index contributed by atoms with van der Waals surface area (Å²) in [5.74, 6) is 0.0211. The highest BCUT2D eigenvalue weighted by atomic mass is 16.1. The van der Waals surface area contributed by atoms with Gasteiger partial charge in [0.25, 0.3) is 0 Å². The second kappa shape index (κ2) is 7.60. The lowest BCUT2D eigenvalue weighted by Crippen LogP contribution is -2.19. The Hall–Kier alpha value is -2.13. The largest absolute Gasteiger partial charge is 0.328 e. The Balaban J connectivity index is 2.05. The average Bonchev–Trinajstić information content (AvgIpc) is 2.48. The maximum atomic E-state index is 12.0. The van der Waals surface area contributed by atoms with Crippen molar-refractivity contribution in [3.63, 3.8) is 0 Å². The van der Waals surface area contributed by atoms with Crippen LogP contribution in [0.25, 0.3) is 0 Å². The van der Waals surface area contributed by atoms with Gasteiger partial charge < -0.3 is 11.1 Å². The molecule has 1 amide bonds. The molecule has 1 unspecified atom stereocenters. The first kappa shape index (κ1) is 15.3. The number of nitrogens with two attached hydrogens (primary N) is 1. The molecule has 0 heterocycles. The molecule has 1 atom stereocenters. The molecular formula is C18H22N2O. The van der Waals surface area contributed by atoms with E-state index >= 15 is 0 Å². The lowest BCUT2D eigenvalue weighted by atomic mass is 10.0. The van der Waals surface area contributed by atoms with Crippen LogP contribution in [0.2, 0.25) is 0 Å². The minimum Gasteiger partial charge on any atom is -0.328 e. The number of hydrogen-bond acceptors (Lipinski definition) is 2. The van der Waals surface area contributed by atoms with Gasteiger partial charge in [0.2, 0.25) is 5.91 Å². The molecule has 2 aromatic carbocycles. The number of benzene rings is 2. The van der Waals surface area contributed by atoms with Gasteiger partial charge in [0, 0.05) is 18.2 Å². The molecule has 0 aromatic heterocycles. The van der Waals surface area contributed by atoms with Crippen LogP contribution in [0.15, 0.2) is 54.6 Å². The van der Waals surface area contributed by atoms with Crippen molar-refractivity contribution in [2.45, 2.75) is 32.2 Å². The van der Waals surface area contributed by atoms with Crippen LogP contribution >= 0.6 is 0 Å². The van der Waals surface area contributed by atoms with Crippen LogP contribution in [0.1, 0.15) is 30.9 Å². The maximum Gasteiger partial charge on any atom is 0.224 e. The van der Waals surface area contributed by atoms with Gasteiger partial charge in [-0.05, 0) is 37.0 Å². The van der Waals surface area contributed by atoms with Crippen LogP contribution in [0.4, 0.5) is 5.69 Å². The summed E-state index contributed by atoms with van der Waals surface area (Å²) in [5.41, 5.74) is 8.93. The van der Waals surface area contributed by atoms with E-state index < -0.39 is 0 Å². The summed E-state index contributed by atoms with van der Waals surface area (Å²) in [6, 6.07) is 18.2. The quantitative estimate of drug-likeness (QED) is 0.853. The summed E-state index contributed by atoms with van der Waals surface area (Å²) < 4.78 is 0. The van der Waals surface area contributed by atoms with E-state index in [1.807, 2.05) is 49.4 Å². The van der Waals surface area contributed by atoms with E-state index in [-0.39, 0.29) is 11.9 Å². The molecule has 3 nitrogen and oxygen atoms in total. The van der Waals surface area contributed by atoms with Gasteiger partial charge >= 0.3 is 0 Å². The molecule has 0 aliphatic rings. The summed E-state index contributed by atoms with van der Waals surface area (Å²) in [4.78, 5) is 12.0. The summed E-state index contributed by atoms with van der Waals surface area (Å²) in [7, 11) is 0. The molecule has 110 valence electrons. The van der Waals surface area contributed by atoms with Crippen LogP contribution in [-0.4, -0.2) is 11.9 Å². The number of rotatable bonds is 6. The third kappa shape index (κ3) is 5.04. The fourth-order valence-corrected chi connectivity index (χ4v) is 2.18. The molecule has 21 heavy (non-hydrogen) atoms. The molecule has 2 rings (SSSR count). The lowest BCUT2D eigenvalue weighted by Gasteiger charge is -2.12. The molecule has 0 saturated heterocycles. The lowest BCUT2D eigenvalue weighted by molar-refractivity contribution is -0.116. The van der Waals surface area contributed by atoms with Crippen molar-refractivity contribution < 1.29 is 4.79 Å². The predicted octanol–water partition coefficient (Wildman–Crippen LogP) is 3.34. The normalized spacial score (nSPS) is 11.9. The Morgan fingerprint density at radius 2 is 1.76 bits per heavy atom. The standard InChI is InChI=1S/C18H22N2O/c1-14(19)11-12-18(21)20-17-10-6-5-9-16(17)13-15-7-3-2-4-8-15/h2-10,14H,11-13,19H2,1H3,(H,20,21). The zero-order valence-electron chi connectivity index (χ0n) is 12.4. The number of amides is 1. The highest BCUT2D eigenvalue weighted by Crippen LogP contribution is 2.19. The average molecular weight is 282 g/mol. The van der Waals surface area contributed by atoms with E-state index in [0.717, 1.165) is 17.7 Å². The van der Waals surface area contributed by atoms with Crippen molar-refractivity contribution in [1.82, 2.24) is 0 Å². The van der Waals surface area contributed by atoms with Gasteiger partial charge in [-0.25, -0.2) is 0 Å². The molecule has 0 aliphatic heterocycles. The van der Waals surface area contributed by atoms with Crippen molar-refractivity contribution in [2.75, 3.05) is 5.32 Å². The van der Waals surface area contributed by atoms with Gasteiger partial charge in [-0.2, -0.15) is 0 Å². The van der Waals surface area contributed by atoms with Gasteiger partial charge in [0.05, 0.1) is 0 Å². The van der Waals surface area contributed by atoms with Gasteiger partial charge in [-0.1, -0.05) is 48.5 Å². The van der Waals surface area contributed by atoms with Gasteiger partial charge in [0.1, 0.15) is 0 Å². The first-order valence-corrected chi connectivity index (χ1v) is 7.32. The van der Waals surface area contributed by atoms with E-state index in [9.17, 15) is 4.79 Å². The Kier molecular flexibility index (Phi) is 5.52. The van der Waals surface area contributed by atoms with E-state index in [1.165, 1.54) is 5.56 Å². The highest BCUT2D eigenvalue weighted by Gasteiger charge is 2.08. The SMILES string of the molecule is CC(N)CCC(=O)Nc1ccccc1Cc1ccccc1. The number of hydrogen-bond donors (Lipinski definition) is 2. The maximum absolute atomic E-state index is 12.0. The second-order valence-corrected chi connectivity index (χ2v) is 5.38. The van der Waals surface area contributed by atoms with Crippen LogP contribution < -0.4 is 11.1 Å². The van der Waals surface area contributed by atoms with Crippen LogP contribution in [0.3, 0.4) is 0 Å². The Bertz CT molecular complexity index is 579. The fourth-order valence-electron chi connectivity index (χ4n) is 2.18. The van der Waals surface area contributed by atoms with Crippen LogP contribution in [0, 0.1) is 0 Å². The Morgan fingerprint density at radius 3 is 2.48 bits per heavy atom. The van der Waals surface area contributed by atoms with Crippen molar-refractivity contribution in [3.05, 3.63) is 65.7 Å². The van der Waals surface area contributed by atoms with Gasteiger partial charge in [-0.15, -0.1) is 0 Å². The van der Waals surface area contributed by atoms with E-state index in [4.69, 9.17) is 5.73 Å². The molecular weight excluding hydrogens is 260 g/mol. The van der Waals surface area contributed by atoms with E-state index in [0.29, 0.717) is 12.8 Å². The molecule has 0 radical (unpaired) electrons. The first-order valence-electron chi connectivity index (χ1n) is 7.32. The summed E-state index contributed by atoms with van der Waals surface area (Å²) >= 11 is 0. The monoisotopic (exact) mass is 282 g/mol. The number of nitrogens with one attached hydrogen (secondary N) is 1. The van der Waals surface area contributed by atoms with Crippen LogP contribution in [0.5, 0.6) is 0 Å². The number of para-hydroxylation sites is 1. The molecule has 2 aromatic rings. The number of anilines is 1. The molecule has 0 bridgehead atoms. The molecule has 0 fully saturated rings. The fraction of sp³-hybridized carbons (Fsp3) is 0.278. The predicted molar refractivity (Wildman–Crippen MR) is 87.2 cm³/mol. The van der Waals surface area contributed by atoms with Crippen molar-refractivity contribution in [2.24, 2.45) is 5.73 Å². The van der Waals surface area contributed by atoms with Gasteiger partial charge in [-0.3, -0.25) is 4.79 Å². The van der Waals surface area contributed by atoms with Crippen molar-refractivity contribution in [1.29, 1.82) is 0 Å². The summed E-state index contributed by atoms with van der Waals surface area (Å²) in [6.07, 6.45) is 1.97. The third-order valence-electron chi connectivity index (χ3n) is 3.36. The number of carbonyl (C=O) groups is 1. The van der Waals surface area contributed by atoms with Gasteiger partial charge in [0.15, 0.2) is 0 Å². The second-order valence-electron chi connectivity index (χ2n) is 5.38. The van der Waals surface area contributed by atoms with Crippen molar-refractivity contribution >= 4 is 11.6 Å². The zero-order chi connectivity index (χ0) is 15.1. The molecule has 0 spiro atoms. The van der Waals surface area contributed by atoms with E-state index in [2.05, 4.69) is 17.4 Å². The molecule has 3 heteroatoms. The minimum atomic E-state index is 0.0211.